The van der Waals surface area contributed by atoms with Gasteiger partial charge in [-0.1, -0.05) is 11.2 Å². The highest BCUT2D eigenvalue weighted by molar-refractivity contribution is 6.44. The predicted molar refractivity (Wildman–Crippen MR) is 64.1 cm³/mol. The minimum Gasteiger partial charge on any atom is -0.410 e. The third kappa shape index (κ3) is 4.20. The SMILES string of the molecule is CNCCCNC(=O)/C(=N\O)c1ccccn1. The van der Waals surface area contributed by atoms with E-state index in [4.69, 9.17) is 5.21 Å². The minimum atomic E-state index is -0.428. The Hall–Kier alpha value is -1.95. The van der Waals surface area contributed by atoms with Crippen LogP contribution >= 0.6 is 0 Å². The third-order valence-corrected chi connectivity index (χ3v) is 2.11. The smallest absolute Gasteiger partial charge is 0.275 e. The summed E-state index contributed by atoms with van der Waals surface area (Å²) in [5, 5.41) is 17.4. The van der Waals surface area contributed by atoms with E-state index in [1.807, 2.05) is 7.05 Å². The van der Waals surface area contributed by atoms with Crippen molar-refractivity contribution in [3.05, 3.63) is 30.1 Å². The Balaban J connectivity index is 2.55. The van der Waals surface area contributed by atoms with Gasteiger partial charge in [-0.25, -0.2) is 0 Å². The molecule has 17 heavy (non-hydrogen) atoms. The Morgan fingerprint density at radius 2 is 2.29 bits per heavy atom. The lowest BCUT2D eigenvalue weighted by atomic mass is 10.2. The molecule has 1 aromatic rings. The summed E-state index contributed by atoms with van der Waals surface area (Å²) < 4.78 is 0. The summed E-state index contributed by atoms with van der Waals surface area (Å²) >= 11 is 0. The maximum Gasteiger partial charge on any atom is 0.275 e. The standard InChI is InChI=1S/C11H16N4O2/c1-12-6-4-8-14-11(16)10(15-17)9-5-2-3-7-13-9/h2-3,5,7,12,17H,4,6,8H2,1H3,(H,14,16)/b15-10-. The lowest BCUT2D eigenvalue weighted by Gasteiger charge is -2.05. The maximum atomic E-state index is 11.7. The molecule has 3 N–H and O–H groups in total. The van der Waals surface area contributed by atoms with Gasteiger partial charge >= 0.3 is 0 Å². The van der Waals surface area contributed by atoms with Crippen LogP contribution in [0.3, 0.4) is 0 Å². The zero-order valence-corrected chi connectivity index (χ0v) is 9.68. The van der Waals surface area contributed by atoms with Crippen molar-refractivity contribution in [3.8, 4) is 0 Å². The van der Waals surface area contributed by atoms with Crippen LogP contribution in [0.2, 0.25) is 0 Å². The minimum absolute atomic E-state index is 0.0740. The van der Waals surface area contributed by atoms with E-state index in [-0.39, 0.29) is 5.71 Å². The lowest BCUT2D eigenvalue weighted by molar-refractivity contribution is -0.114. The second-order valence-corrected chi connectivity index (χ2v) is 3.38. The molecule has 0 saturated heterocycles. The quantitative estimate of drug-likeness (QED) is 0.280. The summed E-state index contributed by atoms with van der Waals surface area (Å²) in [6.07, 6.45) is 2.35. The fraction of sp³-hybridized carbons (Fsp3) is 0.364. The second-order valence-electron chi connectivity index (χ2n) is 3.38. The van der Waals surface area contributed by atoms with E-state index >= 15 is 0 Å². The van der Waals surface area contributed by atoms with E-state index in [0.29, 0.717) is 12.2 Å². The van der Waals surface area contributed by atoms with Gasteiger partial charge in [0.15, 0.2) is 5.71 Å². The van der Waals surface area contributed by atoms with Crippen molar-refractivity contribution >= 4 is 11.6 Å². The molecule has 6 nitrogen and oxygen atoms in total. The molecule has 0 bridgehead atoms. The van der Waals surface area contributed by atoms with Gasteiger partial charge in [-0.05, 0) is 32.1 Å². The Morgan fingerprint density at radius 3 is 2.88 bits per heavy atom. The van der Waals surface area contributed by atoms with Crippen LogP contribution in [0.15, 0.2) is 29.6 Å². The van der Waals surface area contributed by atoms with Gasteiger partial charge in [-0.2, -0.15) is 0 Å². The van der Waals surface area contributed by atoms with Crippen molar-refractivity contribution in [1.29, 1.82) is 0 Å². The van der Waals surface area contributed by atoms with Crippen LogP contribution in [0.4, 0.5) is 0 Å². The summed E-state index contributed by atoms with van der Waals surface area (Å²) in [6.45, 7) is 1.33. The van der Waals surface area contributed by atoms with Gasteiger partial charge < -0.3 is 15.8 Å². The Kier molecular flexibility index (Phi) is 5.67. The Bertz CT molecular complexity index is 378. The molecule has 1 rings (SSSR count). The van der Waals surface area contributed by atoms with E-state index in [1.165, 1.54) is 6.20 Å². The number of aromatic nitrogens is 1. The number of amides is 1. The molecule has 0 aliphatic rings. The van der Waals surface area contributed by atoms with E-state index in [1.54, 1.807) is 18.2 Å². The summed E-state index contributed by atoms with van der Waals surface area (Å²) in [5.74, 6) is -0.428. The zero-order valence-electron chi connectivity index (χ0n) is 9.68. The van der Waals surface area contributed by atoms with Crippen molar-refractivity contribution in [2.24, 2.45) is 5.16 Å². The number of nitrogens with one attached hydrogen (secondary N) is 2. The number of carbonyl (C=O) groups is 1. The summed E-state index contributed by atoms with van der Waals surface area (Å²) in [7, 11) is 1.84. The molecule has 0 fully saturated rings. The highest BCUT2D eigenvalue weighted by Crippen LogP contribution is 1.96. The Labute approximate surface area is 99.7 Å². The fourth-order valence-corrected chi connectivity index (χ4v) is 1.27. The molecule has 0 atom stereocenters. The lowest BCUT2D eigenvalue weighted by Crippen LogP contribution is -2.33. The van der Waals surface area contributed by atoms with E-state index in [2.05, 4.69) is 20.8 Å². The average Bonchev–Trinajstić information content (AvgIpc) is 2.37. The van der Waals surface area contributed by atoms with Gasteiger partial charge in [0.2, 0.25) is 0 Å². The topological polar surface area (TPSA) is 86.6 Å². The number of carbonyl (C=O) groups excluding carboxylic acids is 1. The van der Waals surface area contributed by atoms with Gasteiger partial charge in [-0.15, -0.1) is 0 Å². The molecule has 1 amide bonds. The summed E-state index contributed by atoms with van der Waals surface area (Å²) in [4.78, 5) is 15.6. The molecule has 1 heterocycles. The number of pyridine rings is 1. The number of rotatable bonds is 6. The first-order valence-corrected chi connectivity index (χ1v) is 5.36. The van der Waals surface area contributed by atoms with E-state index in [0.717, 1.165) is 13.0 Å². The summed E-state index contributed by atoms with van der Waals surface area (Å²) in [5.41, 5.74) is 0.274. The van der Waals surface area contributed by atoms with E-state index in [9.17, 15) is 4.79 Å². The van der Waals surface area contributed by atoms with Crippen LogP contribution in [-0.4, -0.2) is 41.9 Å². The zero-order chi connectivity index (χ0) is 12.5. The van der Waals surface area contributed by atoms with Crippen LogP contribution in [0, 0.1) is 0 Å². The van der Waals surface area contributed by atoms with Gasteiger partial charge in [-0.3, -0.25) is 9.78 Å². The molecule has 92 valence electrons. The van der Waals surface area contributed by atoms with Crippen LogP contribution < -0.4 is 10.6 Å². The maximum absolute atomic E-state index is 11.7. The predicted octanol–water partition coefficient (Wildman–Crippen LogP) is -0.0144. The monoisotopic (exact) mass is 236 g/mol. The molecule has 0 aliphatic carbocycles. The van der Waals surface area contributed by atoms with Gasteiger partial charge in [0, 0.05) is 12.7 Å². The first kappa shape index (κ1) is 13.1. The van der Waals surface area contributed by atoms with Gasteiger partial charge in [0.05, 0.1) is 5.69 Å². The molecule has 6 heteroatoms. The third-order valence-electron chi connectivity index (χ3n) is 2.11. The highest BCUT2D eigenvalue weighted by atomic mass is 16.4. The van der Waals surface area contributed by atoms with Crippen LogP contribution in [0.1, 0.15) is 12.1 Å². The molecule has 0 spiro atoms. The van der Waals surface area contributed by atoms with Crippen LogP contribution in [-0.2, 0) is 4.79 Å². The van der Waals surface area contributed by atoms with Gasteiger partial charge in [0.25, 0.3) is 5.91 Å². The van der Waals surface area contributed by atoms with Crippen molar-refractivity contribution in [2.75, 3.05) is 20.1 Å². The number of oxime groups is 1. The average molecular weight is 236 g/mol. The van der Waals surface area contributed by atoms with Gasteiger partial charge in [0.1, 0.15) is 0 Å². The van der Waals surface area contributed by atoms with Crippen LogP contribution in [0.25, 0.3) is 0 Å². The number of hydrogen-bond acceptors (Lipinski definition) is 5. The van der Waals surface area contributed by atoms with Crippen LogP contribution in [0.5, 0.6) is 0 Å². The first-order chi connectivity index (χ1) is 8.29. The largest absolute Gasteiger partial charge is 0.410 e. The normalized spacial score (nSPS) is 11.2. The van der Waals surface area contributed by atoms with Crippen molar-refractivity contribution in [1.82, 2.24) is 15.6 Å². The molecule has 0 aliphatic heterocycles. The molecule has 1 aromatic heterocycles. The summed E-state index contributed by atoms with van der Waals surface area (Å²) in [6, 6.07) is 5.06. The molecule has 0 unspecified atom stereocenters. The van der Waals surface area contributed by atoms with E-state index < -0.39 is 5.91 Å². The molecule has 0 radical (unpaired) electrons. The van der Waals surface area contributed by atoms with Crippen molar-refractivity contribution in [2.45, 2.75) is 6.42 Å². The fourth-order valence-electron chi connectivity index (χ4n) is 1.27. The molecular weight excluding hydrogens is 220 g/mol. The molecule has 0 aromatic carbocycles. The Morgan fingerprint density at radius 1 is 1.47 bits per heavy atom. The highest BCUT2D eigenvalue weighted by Gasteiger charge is 2.14. The van der Waals surface area contributed by atoms with Crippen molar-refractivity contribution in [3.63, 3.8) is 0 Å². The second kappa shape index (κ2) is 7.34. The molecular formula is C11H16N4O2. The first-order valence-electron chi connectivity index (χ1n) is 5.36. The molecule has 0 saturated carbocycles. The van der Waals surface area contributed by atoms with Crippen molar-refractivity contribution < 1.29 is 10.0 Å². The number of nitrogens with zero attached hydrogens (tertiary/aromatic N) is 2. The number of hydrogen-bond donors (Lipinski definition) is 3.